The molecule has 0 aromatic heterocycles. The van der Waals surface area contributed by atoms with Gasteiger partial charge in [0.05, 0.1) is 12.7 Å². The number of carbonyl (C=O) groups excluding carboxylic acids is 1. The molecule has 0 radical (unpaired) electrons. The molecule has 156 valence electrons. The fraction of sp³-hybridized carbons (Fsp3) is 0.389. The van der Waals surface area contributed by atoms with E-state index in [4.69, 9.17) is 9.47 Å². The van der Waals surface area contributed by atoms with E-state index in [0.29, 0.717) is 0 Å². The number of anilines is 1. The van der Waals surface area contributed by atoms with Crippen LogP contribution in [0, 0.1) is 0 Å². The Morgan fingerprint density at radius 1 is 1.07 bits per heavy atom. The number of hydrogen-bond donors (Lipinski definition) is 5. The first-order valence-electron chi connectivity index (χ1n) is 8.55. The highest BCUT2D eigenvalue weighted by molar-refractivity contribution is 5.89. The highest BCUT2D eigenvalue weighted by Gasteiger charge is 2.45. The summed E-state index contributed by atoms with van der Waals surface area (Å²) in [6.07, 6.45) is -7.29. The number of esters is 1. The Hall–Kier alpha value is -2.99. The Morgan fingerprint density at radius 3 is 2.31 bits per heavy atom. The number of ether oxygens (including phenoxy) is 3. The van der Waals surface area contributed by atoms with E-state index >= 15 is 0 Å². The predicted octanol–water partition coefficient (Wildman–Crippen LogP) is -1.93. The summed E-state index contributed by atoms with van der Waals surface area (Å²) in [5, 5.41) is 42.1. The number of hydrogen-bond acceptors (Lipinski definition) is 11. The summed E-state index contributed by atoms with van der Waals surface area (Å²) >= 11 is 0. The van der Waals surface area contributed by atoms with Crippen LogP contribution in [0.4, 0.5) is 5.69 Å². The van der Waals surface area contributed by atoms with Crippen LogP contribution in [0.1, 0.15) is 10.4 Å². The first-order valence-corrected chi connectivity index (χ1v) is 8.55. The van der Waals surface area contributed by atoms with Crippen LogP contribution in [-0.4, -0.2) is 70.8 Å². The molecule has 0 amide bonds. The maximum Gasteiger partial charge on any atom is 0.337 e. The molecule has 1 fully saturated rings. The number of benzene rings is 1. The number of methoxy groups -OCH3 is 1. The lowest BCUT2D eigenvalue weighted by atomic mass is 9.98. The Labute approximate surface area is 163 Å². The summed E-state index contributed by atoms with van der Waals surface area (Å²) < 4.78 is 15.5. The minimum atomic E-state index is -1.63. The van der Waals surface area contributed by atoms with Gasteiger partial charge >= 0.3 is 5.97 Å². The monoisotopic (exact) mass is 409 g/mol. The zero-order chi connectivity index (χ0) is 21.3. The van der Waals surface area contributed by atoms with E-state index in [0.717, 1.165) is 0 Å². The first-order chi connectivity index (χ1) is 13.7. The summed E-state index contributed by atoms with van der Waals surface area (Å²) in [4.78, 5) is 33.8. The van der Waals surface area contributed by atoms with Crippen LogP contribution in [0.5, 0.6) is 11.5 Å². The molecule has 3 rings (SSSR count). The summed E-state index contributed by atoms with van der Waals surface area (Å²) in [5.41, 5.74) is -1.98. The Morgan fingerprint density at radius 2 is 1.72 bits per heavy atom. The number of rotatable bonds is 6. The molecule has 1 unspecified atom stereocenters. The third kappa shape index (κ3) is 3.93. The van der Waals surface area contributed by atoms with Gasteiger partial charge in [0.25, 0.3) is 10.9 Å². The molecule has 0 bridgehead atoms. The normalized spacial score (nSPS) is 26.8. The van der Waals surface area contributed by atoms with Gasteiger partial charge in [-0.05, 0) is 24.3 Å². The molecule has 1 aliphatic rings. The zero-order valence-corrected chi connectivity index (χ0v) is 15.1. The van der Waals surface area contributed by atoms with Gasteiger partial charge in [0.1, 0.15) is 35.9 Å². The Bertz CT molecular complexity index is 949. The van der Waals surface area contributed by atoms with Gasteiger partial charge in [-0.25, -0.2) is 4.79 Å². The smallest absolute Gasteiger partial charge is 0.337 e. The van der Waals surface area contributed by atoms with E-state index in [-0.39, 0.29) is 23.5 Å². The summed E-state index contributed by atoms with van der Waals surface area (Å²) in [6.45, 7) is -0.259. The van der Waals surface area contributed by atoms with Gasteiger partial charge in [0.15, 0.2) is 5.75 Å². The number of aliphatic hydroxyl groups excluding tert-OH is 3. The molecule has 1 heterocycles. The third-order valence-corrected chi connectivity index (χ3v) is 4.56. The van der Waals surface area contributed by atoms with Crippen molar-refractivity contribution in [3.8, 4) is 11.5 Å². The number of aliphatic hydroxyl groups is 3. The standard InChI is InChI=1S/C18H19NO10/c1-27-17(26)7-2-4-8(5-3-7)28-18-16(25)14(23)11(20)9(29-18)6-19-10-12(21)15(24)13(10)22/h2-5,9,11,14,16,18-21,23,25H,6H2,1H3/t9-,11-,14+,16+,18?/m1/s1. The van der Waals surface area contributed by atoms with E-state index in [1.165, 1.54) is 31.4 Å². The first kappa shape index (κ1) is 20.7. The second-order valence-corrected chi connectivity index (χ2v) is 6.41. The van der Waals surface area contributed by atoms with Crippen molar-refractivity contribution in [2.75, 3.05) is 19.0 Å². The molecule has 5 N–H and O–H groups in total. The van der Waals surface area contributed by atoms with Crippen molar-refractivity contribution in [2.24, 2.45) is 0 Å². The van der Waals surface area contributed by atoms with Crippen molar-refractivity contribution in [3.05, 3.63) is 50.3 Å². The molecule has 29 heavy (non-hydrogen) atoms. The third-order valence-electron chi connectivity index (χ3n) is 4.56. The molecule has 11 heteroatoms. The quantitative estimate of drug-likeness (QED) is 0.266. The Kier molecular flexibility index (Phi) is 5.84. The zero-order valence-electron chi connectivity index (χ0n) is 15.1. The minimum absolute atomic E-state index is 0.206. The van der Waals surface area contributed by atoms with Gasteiger partial charge in [0.2, 0.25) is 6.29 Å². The molecular weight excluding hydrogens is 390 g/mol. The van der Waals surface area contributed by atoms with Gasteiger partial charge in [-0.2, -0.15) is 0 Å². The lowest BCUT2D eigenvalue weighted by molar-refractivity contribution is -0.269. The van der Waals surface area contributed by atoms with E-state index in [1.54, 1.807) is 0 Å². The molecule has 11 nitrogen and oxygen atoms in total. The van der Waals surface area contributed by atoms with Crippen molar-refractivity contribution in [2.45, 2.75) is 30.7 Å². The van der Waals surface area contributed by atoms with Crippen molar-refractivity contribution in [1.82, 2.24) is 0 Å². The fourth-order valence-electron chi connectivity index (χ4n) is 2.85. The topological polar surface area (TPSA) is 172 Å². The summed E-state index contributed by atoms with van der Waals surface area (Å²) in [7, 11) is 1.24. The van der Waals surface area contributed by atoms with Gasteiger partial charge in [-0.3, -0.25) is 9.59 Å². The number of carbonyl (C=O) groups is 1. The van der Waals surface area contributed by atoms with Gasteiger partial charge in [-0.15, -0.1) is 0 Å². The van der Waals surface area contributed by atoms with E-state index in [1.807, 2.05) is 0 Å². The van der Waals surface area contributed by atoms with E-state index in [2.05, 4.69) is 10.1 Å². The van der Waals surface area contributed by atoms with Crippen LogP contribution in [-0.2, 0) is 9.47 Å². The minimum Gasteiger partial charge on any atom is -0.502 e. The van der Waals surface area contributed by atoms with Crippen molar-refractivity contribution in [3.63, 3.8) is 0 Å². The van der Waals surface area contributed by atoms with Crippen LogP contribution in [0.3, 0.4) is 0 Å². The molecule has 5 atom stereocenters. The highest BCUT2D eigenvalue weighted by atomic mass is 16.7. The van der Waals surface area contributed by atoms with Gasteiger partial charge in [-0.1, -0.05) is 0 Å². The summed E-state index contributed by atoms with van der Waals surface area (Å²) in [6, 6.07) is 5.70. The van der Waals surface area contributed by atoms with Crippen LogP contribution in [0.15, 0.2) is 33.9 Å². The van der Waals surface area contributed by atoms with Gasteiger partial charge < -0.3 is 40.0 Å². The highest BCUT2D eigenvalue weighted by Crippen LogP contribution is 2.25. The van der Waals surface area contributed by atoms with Crippen molar-refractivity contribution >= 4 is 11.7 Å². The summed E-state index contributed by atoms with van der Waals surface area (Å²) in [5.74, 6) is -1.06. The SMILES string of the molecule is COC(=O)c1ccc(OC2O[C@H](CNc3c(O)c(=O)c3=O)[C@@H](O)[C@H](O)[C@@H]2O)cc1. The Balaban J connectivity index is 1.68. The van der Waals surface area contributed by atoms with Crippen LogP contribution in [0.25, 0.3) is 0 Å². The average Bonchev–Trinajstić information content (AvgIpc) is 2.74. The van der Waals surface area contributed by atoms with Crippen molar-refractivity contribution in [1.29, 1.82) is 0 Å². The molecule has 0 saturated carbocycles. The molecular formula is C18H19NO10. The van der Waals surface area contributed by atoms with Crippen molar-refractivity contribution < 1.29 is 39.4 Å². The molecule has 1 saturated heterocycles. The molecule has 2 aromatic carbocycles. The maximum absolute atomic E-state index is 11.4. The second-order valence-electron chi connectivity index (χ2n) is 6.41. The average molecular weight is 409 g/mol. The molecule has 0 aliphatic carbocycles. The number of nitrogens with one attached hydrogen (secondary N) is 1. The van der Waals surface area contributed by atoms with Gasteiger partial charge in [0, 0.05) is 6.54 Å². The molecule has 1 aliphatic heterocycles. The van der Waals surface area contributed by atoms with Crippen LogP contribution in [0.2, 0.25) is 0 Å². The van der Waals surface area contributed by atoms with Crippen LogP contribution < -0.4 is 20.9 Å². The van der Waals surface area contributed by atoms with E-state index < -0.39 is 53.3 Å². The number of aromatic hydroxyl groups is 1. The molecule has 2 aromatic rings. The second kappa shape index (κ2) is 8.17. The van der Waals surface area contributed by atoms with E-state index in [9.17, 15) is 34.8 Å². The maximum atomic E-state index is 11.4. The van der Waals surface area contributed by atoms with Crippen LogP contribution >= 0.6 is 0 Å². The molecule has 0 spiro atoms. The largest absolute Gasteiger partial charge is 0.502 e. The lowest BCUT2D eigenvalue weighted by Gasteiger charge is -2.40. The fourth-order valence-corrected chi connectivity index (χ4v) is 2.85. The predicted molar refractivity (Wildman–Crippen MR) is 96.6 cm³/mol. The lowest BCUT2D eigenvalue weighted by Crippen LogP contribution is -2.60.